The Bertz CT molecular complexity index is 742. The summed E-state index contributed by atoms with van der Waals surface area (Å²) in [5, 5.41) is 4.38. The van der Waals surface area contributed by atoms with Crippen molar-refractivity contribution in [2.24, 2.45) is 0 Å². The summed E-state index contributed by atoms with van der Waals surface area (Å²) < 4.78 is 5.32. The molecule has 0 unspecified atom stereocenters. The summed E-state index contributed by atoms with van der Waals surface area (Å²) in [4.78, 5) is 4.03. The van der Waals surface area contributed by atoms with Crippen LogP contribution < -0.4 is 11.1 Å². The number of nitrogens with one attached hydrogen (secondary N) is 1. The average Bonchev–Trinajstić information content (AvgIpc) is 2.87. The smallest absolute Gasteiger partial charge is 0.147 e. The summed E-state index contributed by atoms with van der Waals surface area (Å²) in [5.41, 5.74) is 9.15. The summed E-state index contributed by atoms with van der Waals surface area (Å²) in [5.74, 6) is 0.544. The minimum atomic E-state index is 0.544. The van der Waals surface area contributed by atoms with Crippen LogP contribution >= 0.6 is 27.5 Å². The van der Waals surface area contributed by atoms with Crippen molar-refractivity contribution in [1.29, 1.82) is 0 Å². The molecule has 0 fully saturated rings. The number of halogens is 1. The van der Waals surface area contributed by atoms with Crippen LogP contribution in [0.25, 0.3) is 11.1 Å². The van der Waals surface area contributed by atoms with Gasteiger partial charge in [-0.3, -0.25) is 4.98 Å². The molecule has 2 aromatic heterocycles. The molecular weight excluding hydrogens is 348 g/mol. The molecule has 0 aliphatic carbocycles. The number of nitrogens with zero attached hydrogens (tertiary/aromatic N) is 2. The minimum absolute atomic E-state index is 0.544. The van der Waals surface area contributed by atoms with Crippen LogP contribution in [0.4, 0.5) is 10.8 Å². The van der Waals surface area contributed by atoms with Gasteiger partial charge in [0.15, 0.2) is 0 Å². The SMILES string of the molecule is Nc1nsc(NCc2cccc(Br)c2)c1-c1ccncc1. The lowest BCUT2D eigenvalue weighted by molar-refractivity contribution is 1.16. The average molecular weight is 361 g/mol. The lowest BCUT2D eigenvalue weighted by Crippen LogP contribution is -1.99. The number of aromatic nitrogens is 2. The van der Waals surface area contributed by atoms with E-state index in [9.17, 15) is 0 Å². The molecule has 106 valence electrons. The van der Waals surface area contributed by atoms with E-state index in [-0.39, 0.29) is 0 Å². The van der Waals surface area contributed by atoms with Gasteiger partial charge in [-0.25, -0.2) is 0 Å². The zero-order valence-electron chi connectivity index (χ0n) is 11.1. The van der Waals surface area contributed by atoms with Gasteiger partial charge in [0.25, 0.3) is 0 Å². The standard InChI is InChI=1S/C15H13BrN4S/c16-12-3-1-2-10(8-12)9-19-15-13(14(17)20-21-15)11-4-6-18-7-5-11/h1-8,19H,9H2,(H2,17,20). The molecule has 4 nitrogen and oxygen atoms in total. The predicted molar refractivity (Wildman–Crippen MR) is 91.2 cm³/mol. The second kappa shape index (κ2) is 6.24. The molecule has 0 saturated heterocycles. The Hall–Kier alpha value is -1.92. The summed E-state index contributed by atoms with van der Waals surface area (Å²) >= 11 is 4.86. The van der Waals surface area contributed by atoms with Gasteiger partial charge in [-0.05, 0) is 46.9 Å². The van der Waals surface area contributed by atoms with Crippen molar-refractivity contribution < 1.29 is 0 Å². The van der Waals surface area contributed by atoms with Gasteiger partial charge in [0, 0.05) is 23.4 Å². The Balaban J connectivity index is 1.84. The van der Waals surface area contributed by atoms with E-state index >= 15 is 0 Å². The van der Waals surface area contributed by atoms with Crippen LogP contribution in [0.5, 0.6) is 0 Å². The minimum Gasteiger partial charge on any atom is -0.382 e. The van der Waals surface area contributed by atoms with Crippen LogP contribution in [0.1, 0.15) is 5.56 Å². The van der Waals surface area contributed by atoms with Gasteiger partial charge in [-0.2, -0.15) is 4.37 Å². The zero-order chi connectivity index (χ0) is 14.7. The van der Waals surface area contributed by atoms with E-state index in [1.54, 1.807) is 12.4 Å². The summed E-state index contributed by atoms with van der Waals surface area (Å²) in [6.45, 7) is 0.721. The van der Waals surface area contributed by atoms with E-state index in [1.807, 2.05) is 24.3 Å². The molecule has 6 heteroatoms. The van der Waals surface area contributed by atoms with Crippen LogP contribution in [0.15, 0.2) is 53.3 Å². The highest BCUT2D eigenvalue weighted by atomic mass is 79.9. The van der Waals surface area contributed by atoms with Gasteiger partial charge in [0.05, 0.1) is 5.56 Å². The highest BCUT2D eigenvalue weighted by Crippen LogP contribution is 2.36. The molecule has 3 rings (SSSR count). The Morgan fingerprint density at radius 2 is 2.00 bits per heavy atom. The first-order valence-corrected chi connectivity index (χ1v) is 7.94. The summed E-state index contributed by atoms with van der Waals surface area (Å²) in [7, 11) is 0. The molecule has 3 aromatic rings. The maximum absolute atomic E-state index is 6.00. The third-order valence-corrected chi connectivity index (χ3v) is 4.34. The van der Waals surface area contributed by atoms with Crippen LogP contribution in [0.3, 0.4) is 0 Å². The number of nitrogens with two attached hydrogens (primary N) is 1. The Labute approximate surface area is 135 Å². The lowest BCUT2D eigenvalue weighted by atomic mass is 10.1. The molecule has 0 atom stereocenters. The van der Waals surface area contributed by atoms with Gasteiger partial charge in [-0.1, -0.05) is 28.1 Å². The van der Waals surface area contributed by atoms with Crippen molar-refractivity contribution in [3.63, 3.8) is 0 Å². The van der Waals surface area contributed by atoms with Gasteiger partial charge < -0.3 is 11.1 Å². The van der Waals surface area contributed by atoms with Crippen molar-refractivity contribution in [3.8, 4) is 11.1 Å². The molecule has 1 aromatic carbocycles. The van der Waals surface area contributed by atoms with Crippen LogP contribution in [0.2, 0.25) is 0 Å². The molecule has 0 bridgehead atoms. The van der Waals surface area contributed by atoms with Crippen LogP contribution in [-0.2, 0) is 6.54 Å². The number of benzene rings is 1. The lowest BCUT2D eigenvalue weighted by Gasteiger charge is -2.07. The van der Waals surface area contributed by atoms with E-state index in [0.717, 1.165) is 27.1 Å². The van der Waals surface area contributed by atoms with Crippen molar-refractivity contribution in [2.75, 3.05) is 11.1 Å². The first kappa shape index (κ1) is 14.0. The molecule has 3 N–H and O–H groups in total. The van der Waals surface area contributed by atoms with Gasteiger partial charge in [-0.15, -0.1) is 0 Å². The van der Waals surface area contributed by atoms with Gasteiger partial charge in [0.1, 0.15) is 10.8 Å². The van der Waals surface area contributed by atoms with E-state index in [2.05, 4.69) is 42.7 Å². The maximum atomic E-state index is 6.00. The monoisotopic (exact) mass is 360 g/mol. The fourth-order valence-electron chi connectivity index (χ4n) is 2.05. The fourth-order valence-corrected chi connectivity index (χ4v) is 3.23. The second-order valence-corrected chi connectivity index (χ2v) is 6.18. The third kappa shape index (κ3) is 3.22. The van der Waals surface area contributed by atoms with Crippen molar-refractivity contribution in [3.05, 3.63) is 58.8 Å². The molecule has 2 heterocycles. The fraction of sp³-hybridized carbons (Fsp3) is 0.0667. The van der Waals surface area contributed by atoms with E-state index < -0.39 is 0 Å². The van der Waals surface area contributed by atoms with Crippen LogP contribution in [0, 0.1) is 0 Å². The number of anilines is 2. The van der Waals surface area contributed by atoms with E-state index in [0.29, 0.717) is 5.82 Å². The summed E-state index contributed by atoms with van der Waals surface area (Å²) in [6, 6.07) is 12.1. The molecule has 0 saturated carbocycles. The Kier molecular flexibility index (Phi) is 4.17. The predicted octanol–water partition coefficient (Wildman–Crippen LogP) is 4.16. The summed E-state index contributed by atoms with van der Waals surface area (Å²) in [6.07, 6.45) is 3.51. The zero-order valence-corrected chi connectivity index (χ0v) is 13.5. The second-order valence-electron chi connectivity index (χ2n) is 4.49. The Morgan fingerprint density at radius 3 is 2.76 bits per heavy atom. The van der Waals surface area contributed by atoms with Crippen molar-refractivity contribution in [1.82, 2.24) is 9.36 Å². The van der Waals surface area contributed by atoms with Gasteiger partial charge >= 0.3 is 0 Å². The topological polar surface area (TPSA) is 63.8 Å². The third-order valence-electron chi connectivity index (χ3n) is 3.03. The maximum Gasteiger partial charge on any atom is 0.147 e. The number of hydrogen-bond acceptors (Lipinski definition) is 5. The van der Waals surface area contributed by atoms with Crippen molar-refractivity contribution in [2.45, 2.75) is 6.54 Å². The molecule has 0 radical (unpaired) electrons. The van der Waals surface area contributed by atoms with E-state index in [4.69, 9.17) is 5.73 Å². The first-order chi connectivity index (χ1) is 10.2. The molecule has 0 amide bonds. The largest absolute Gasteiger partial charge is 0.382 e. The molecule has 0 aliphatic heterocycles. The molecule has 0 spiro atoms. The molecule has 0 aliphatic rings. The number of pyridine rings is 1. The van der Waals surface area contributed by atoms with Crippen LogP contribution in [-0.4, -0.2) is 9.36 Å². The number of hydrogen-bond donors (Lipinski definition) is 2. The highest BCUT2D eigenvalue weighted by Gasteiger charge is 2.13. The first-order valence-electron chi connectivity index (χ1n) is 6.38. The van der Waals surface area contributed by atoms with Gasteiger partial charge in [0.2, 0.25) is 0 Å². The Morgan fingerprint density at radius 1 is 1.19 bits per heavy atom. The number of rotatable bonds is 4. The number of nitrogen functional groups attached to an aromatic ring is 1. The quantitative estimate of drug-likeness (QED) is 0.732. The normalized spacial score (nSPS) is 10.5. The van der Waals surface area contributed by atoms with E-state index in [1.165, 1.54) is 17.1 Å². The molecule has 21 heavy (non-hydrogen) atoms. The molecular formula is C15H13BrN4S. The van der Waals surface area contributed by atoms with Crippen molar-refractivity contribution >= 4 is 38.3 Å². The highest BCUT2D eigenvalue weighted by molar-refractivity contribution is 9.10.